The summed E-state index contributed by atoms with van der Waals surface area (Å²) < 4.78 is 10.4. The molecule has 2 aromatic carbocycles. The van der Waals surface area contributed by atoms with Crippen molar-refractivity contribution in [2.45, 2.75) is 12.5 Å². The van der Waals surface area contributed by atoms with Crippen molar-refractivity contribution in [3.8, 4) is 11.5 Å². The van der Waals surface area contributed by atoms with Crippen molar-refractivity contribution in [3.63, 3.8) is 0 Å². The fraction of sp³-hybridized carbons (Fsp3) is 0.200. The van der Waals surface area contributed by atoms with Crippen LogP contribution < -0.4 is 19.9 Å². The molecule has 3 aromatic rings. The van der Waals surface area contributed by atoms with Gasteiger partial charge < -0.3 is 29.7 Å². The number of carbonyl (C=O) groups is 2. The van der Waals surface area contributed by atoms with Gasteiger partial charge in [0.1, 0.15) is 11.5 Å². The molecule has 3 rings (SSSR count). The largest absolute Gasteiger partial charge is 0.548 e. The topological polar surface area (TPSA) is 103 Å². The SMILES string of the molecule is COc1ccc(OCC(=O)N[C@H](Cc2c[nH]c3ccccc23)C(=O)[O-])cc1. The van der Waals surface area contributed by atoms with Gasteiger partial charge in [0.05, 0.1) is 19.1 Å². The predicted molar refractivity (Wildman–Crippen MR) is 97.4 cm³/mol. The number of carbonyl (C=O) groups excluding carboxylic acids is 2. The number of carboxylic acid groups (broad SMARTS) is 1. The van der Waals surface area contributed by atoms with Crippen LogP contribution in [0.15, 0.2) is 54.7 Å². The number of benzene rings is 2. The Balaban J connectivity index is 1.60. The number of carboxylic acids is 1. The molecule has 0 spiro atoms. The Hall–Kier alpha value is -3.48. The molecule has 0 unspecified atom stereocenters. The number of hydrogen-bond acceptors (Lipinski definition) is 5. The number of aromatic amines is 1. The fourth-order valence-corrected chi connectivity index (χ4v) is 2.77. The molecule has 140 valence electrons. The maximum absolute atomic E-state index is 12.1. The molecular weight excluding hydrogens is 348 g/mol. The number of ether oxygens (including phenoxy) is 2. The molecule has 0 aliphatic heterocycles. The molecule has 7 heteroatoms. The molecule has 0 bridgehead atoms. The van der Waals surface area contributed by atoms with E-state index in [4.69, 9.17) is 9.47 Å². The number of aromatic nitrogens is 1. The van der Waals surface area contributed by atoms with Gasteiger partial charge in [-0.2, -0.15) is 0 Å². The van der Waals surface area contributed by atoms with Crippen molar-refractivity contribution in [3.05, 3.63) is 60.3 Å². The Labute approximate surface area is 155 Å². The highest BCUT2D eigenvalue weighted by Gasteiger charge is 2.16. The van der Waals surface area contributed by atoms with Gasteiger partial charge in [-0.25, -0.2) is 0 Å². The average Bonchev–Trinajstić information content (AvgIpc) is 3.09. The van der Waals surface area contributed by atoms with Gasteiger partial charge in [-0.05, 0) is 35.9 Å². The minimum atomic E-state index is -1.35. The molecule has 27 heavy (non-hydrogen) atoms. The number of H-pyrrole nitrogens is 1. The van der Waals surface area contributed by atoms with E-state index in [1.807, 2.05) is 24.3 Å². The Morgan fingerprint density at radius 3 is 2.52 bits per heavy atom. The molecule has 7 nitrogen and oxygen atoms in total. The summed E-state index contributed by atoms with van der Waals surface area (Å²) in [5.74, 6) is -0.743. The monoisotopic (exact) mass is 367 g/mol. The third-order valence-corrected chi connectivity index (χ3v) is 4.15. The van der Waals surface area contributed by atoms with Crippen LogP contribution in [0.25, 0.3) is 10.9 Å². The van der Waals surface area contributed by atoms with Crippen LogP contribution in [0.3, 0.4) is 0 Å². The summed E-state index contributed by atoms with van der Waals surface area (Å²) in [6, 6.07) is 13.1. The summed E-state index contributed by atoms with van der Waals surface area (Å²) in [4.78, 5) is 26.6. The highest BCUT2D eigenvalue weighted by Crippen LogP contribution is 2.19. The standard InChI is InChI=1S/C20H20N2O5/c1-26-14-6-8-15(9-7-14)27-12-19(23)22-18(20(24)25)10-13-11-21-17-5-3-2-4-16(13)17/h2-9,11,18,21H,10,12H2,1H3,(H,22,23)(H,24,25)/p-1/t18-/m1/s1. The second-order valence-electron chi connectivity index (χ2n) is 5.97. The number of aliphatic carboxylic acids is 1. The average molecular weight is 367 g/mol. The minimum Gasteiger partial charge on any atom is -0.548 e. The number of nitrogens with one attached hydrogen (secondary N) is 2. The number of para-hydroxylation sites is 1. The molecule has 0 radical (unpaired) electrons. The van der Waals surface area contributed by atoms with Crippen LogP contribution in [0.2, 0.25) is 0 Å². The second-order valence-corrected chi connectivity index (χ2v) is 5.97. The molecule has 1 atom stereocenters. The van der Waals surface area contributed by atoms with Crippen LogP contribution in [0.5, 0.6) is 11.5 Å². The van der Waals surface area contributed by atoms with E-state index in [1.54, 1.807) is 37.6 Å². The zero-order valence-corrected chi connectivity index (χ0v) is 14.7. The first-order valence-electron chi connectivity index (χ1n) is 8.39. The summed E-state index contributed by atoms with van der Waals surface area (Å²) in [6.45, 7) is -0.302. The van der Waals surface area contributed by atoms with Gasteiger partial charge in [-0.15, -0.1) is 0 Å². The van der Waals surface area contributed by atoms with Crippen LogP contribution >= 0.6 is 0 Å². The van der Waals surface area contributed by atoms with Crippen molar-refractivity contribution >= 4 is 22.8 Å². The zero-order chi connectivity index (χ0) is 19.2. The Morgan fingerprint density at radius 2 is 1.81 bits per heavy atom. The Morgan fingerprint density at radius 1 is 1.11 bits per heavy atom. The molecule has 0 fully saturated rings. The van der Waals surface area contributed by atoms with Crippen molar-refractivity contribution in [2.24, 2.45) is 0 Å². The molecule has 1 aromatic heterocycles. The van der Waals surface area contributed by atoms with Gasteiger partial charge in [-0.3, -0.25) is 4.79 Å². The van der Waals surface area contributed by atoms with E-state index in [1.165, 1.54) is 0 Å². The first-order valence-corrected chi connectivity index (χ1v) is 8.39. The van der Waals surface area contributed by atoms with E-state index >= 15 is 0 Å². The maximum atomic E-state index is 12.1. The summed E-state index contributed by atoms with van der Waals surface area (Å²) in [6.07, 6.45) is 1.85. The Bertz CT molecular complexity index is 933. The van der Waals surface area contributed by atoms with Crippen LogP contribution in [0.1, 0.15) is 5.56 Å². The van der Waals surface area contributed by atoms with E-state index in [0.717, 1.165) is 16.5 Å². The van der Waals surface area contributed by atoms with Crippen molar-refractivity contribution in [1.29, 1.82) is 0 Å². The highest BCUT2D eigenvalue weighted by atomic mass is 16.5. The van der Waals surface area contributed by atoms with Gasteiger partial charge in [0, 0.05) is 23.5 Å². The third-order valence-electron chi connectivity index (χ3n) is 4.15. The molecule has 0 aliphatic carbocycles. The molecule has 0 saturated heterocycles. The number of methoxy groups -OCH3 is 1. The molecule has 0 saturated carbocycles. The number of hydrogen-bond donors (Lipinski definition) is 2. The normalized spacial score (nSPS) is 11.7. The molecule has 1 amide bonds. The van der Waals surface area contributed by atoms with Gasteiger partial charge in [0.15, 0.2) is 6.61 Å². The Kier molecular flexibility index (Phi) is 5.61. The van der Waals surface area contributed by atoms with Crippen molar-refractivity contribution < 1.29 is 24.2 Å². The second kappa shape index (κ2) is 8.27. The quantitative estimate of drug-likeness (QED) is 0.619. The fourth-order valence-electron chi connectivity index (χ4n) is 2.77. The molecule has 1 heterocycles. The highest BCUT2D eigenvalue weighted by molar-refractivity contribution is 5.86. The van der Waals surface area contributed by atoms with Crippen LogP contribution in [-0.2, 0) is 16.0 Å². The predicted octanol–water partition coefficient (Wildman–Crippen LogP) is 1.03. The summed E-state index contributed by atoms with van der Waals surface area (Å²) in [5, 5.41) is 14.8. The van der Waals surface area contributed by atoms with Crippen LogP contribution in [0.4, 0.5) is 0 Å². The lowest BCUT2D eigenvalue weighted by atomic mass is 10.1. The lowest BCUT2D eigenvalue weighted by Gasteiger charge is -2.19. The van der Waals surface area contributed by atoms with Crippen LogP contribution in [-0.4, -0.2) is 36.6 Å². The summed E-state index contributed by atoms with van der Waals surface area (Å²) >= 11 is 0. The number of fused-ring (bicyclic) bond motifs is 1. The van der Waals surface area contributed by atoms with Crippen molar-refractivity contribution in [2.75, 3.05) is 13.7 Å². The van der Waals surface area contributed by atoms with E-state index in [-0.39, 0.29) is 13.0 Å². The van der Waals surface area contributed by atoms with E-state index in [9.17, 15) is 14.7 Å². The van der Waals surface area contributed by atoms with Crippen molar-refractivity contribution in [1.82, 2.24) is 10.3 Å². The zero-order valence-electron chi connectivity index (χ0n) is 14.7. The number of rotatable bonds is 8. The maximum Gasteiger partial charge on any atom is 0.258 e. The first kappa shape index (κ1) is 18.3. The lowest BCUT2D eigenvalue weighted by molar-refractivity contribution is -0.308. The number of amides is 1. The third kappa shape index (κ3) is 4.58. The molecular formula is C20H19N2O5-. The van der Waals surface area contributed by atoms with Crippen LogP contribution in [0, 0.1) is 0 Å². The summed E-state index contributed by atoms with van der Waals surface area (Å²) in [5.41, 5.74) is 1.69. The van der Waals surface area contributed by atoms with Gasteiger partial charge >= 0.3 is 0 Å². The first-order chi connectivity index (χ1) is 13.1. The molecule has 2 N–H and O–H groups in total. The van der Waals surface area contributed by atoms with Gasteiger partial charge in [-0.1, -0.05) is 18.2 Å². The van der Waals surface area contributed by atoms with Gasteiger partial charge in [0.25, 0.3) is 5.91 Å². The lowest BCUT2D eigenvalue weighted by Crippen LogP contribution is -2.50. The van der Waals surface area contributed by atoms with Gasteiger partial charge in [0.2, 0.25) is 0 Å². The van der Waals surface area contributed by atoms with E-state index in [0.29, 0.717) is 11.5 Å². The van der Waals surface area contributed by atoms with E-state index < -0.39 is 17.9 Å². The summed E-state index contributed by atoms with van der Waals surface area (Å²) in [7, 11) is 1.55. The minimum absolute atomic E-state index is 0.112. The van der Waals surface area contributed by atoms with E-state index in [2.05, 4.69) is 10.3 Å². The smallest absolute Gasteiger partial charge is 0.258 e. The molecule has 0 aliphatic rings.